The molecule has 1 aromatic rings. The molecule has 0 saturated heterocycles. The maximum absolute atomic E-state index is 12.6. The summed E-state index contributed by atoms with van der Waals surface area (Å²) in [5.41, 5.74) is -1.04. The van der Waals surface area contributed by atoms with Gasteiger partial charge in [0.2, 0.25) is 0 Å². The molecule has 166 valence electrons. The van der Waals surface area contributed by atoms with E-state index in [1.54, 1.807) is 0 Å². The van der Waals surface area contributed by atoms with E-state index in [0.717, 1.165) is 24.1 Å². The van der Waals surface area contributed by atoms with E-state index in [2.05, 4.69) is 31.6 Å². The second kappa shape index (κ2) is 7.99. The van der Waals surface area contributed by atoms with E-state index in [-0.39, 0.29) is 23.0 Å². The summed E-state index contributed by atoms with van der Waals surface area (Å²) in [6.45, 7) is 6.30. The molecular formula is C24H23F3N4O. The van der Waals surface area contributed by atoms with E-state index in [1.165, 1.54) is 12.1 Å². The zero-order valence-corrected chi connectivity index (χ0v) is 18.0. The van der Waals surface area contributed by atoms with Crippen LogP contribution in [-0.2, 0) is 0 Å². The molecule has 32 heavy (non-hydrogen) atoms. The summed E-state index contributed by atoms with van der Waals surface area (Å²) < 4.78 is 41.6. The summed E-state index contributed by atoms with van der Waals surface area (Å²) in [6, 6.07) is 11.2. The fourth-order valence-electron chi connectivity index (χ4n) is 4.98. The number of ether oxygens (including phenoxy) is 1. The first-order chi connectivity index (χ1) is 14.9. The van der Waals surface area contributed by atoms with Gasteiger partial charge in [-0.1, -0.05) is 39.0 Å². The molecule has 1 saturated carbocycles. The topological polar surface area (TPSA) is 104 Å². The Morgan fingerprint density at radius 3 is 2.12 bits per heavy atom. The molecule has 4 atom stereocenters. The number of halogens is 3. The predicted octanol–water partition coefficient (Wildman–Crippen LogP) is 5.87. The number of allylic oxidation sites excluding steroid dienone is 2. The molecule has 8 heteroatoms. The van der Waals surface area contributed by atoms with Gasteiger partial charge in [-0.05, 0) is 53.4 Å². The van der Waals surface area contributed by atoms with E-state index in [9.17, 15) is 29.0 Å². The molecule has 2 aliphatic rings. The van der Waals surface area contributed by atoms with Gasteiger partial charge in [0.25, 0.3) is 0 Å². The Bertz CT molecular complexity index is 1050. The molecule has 1 fully saturated rings. The smallest absolute Gasteiger partial charge is 0.406 e. The molecule has 0 heterocycles. The third-order valence-electron chi connectivity index (χ3n) is 6.70. The number of nitrogens with zero attached hydrogens (tertiary/aromatic N) is 3. The minimum absolute atomic E-state index is 0.0635. The van der Waals surface area contributed by atoms with Crippen LogP contribution in [-0.4, -0.2) is 12.1 Å². The lowest BCUT2D eigenvalue weighted by Crippen LogP contribution is -2.50. The maximum Gasteiger partial charge on any atom is 0.573 e. The molecule has 0 aliphatic heterocycles. The molecule has 3 rings (SSSR count). The Morgan fingerprint density at radius 1 is 1.06 bits per heavy atom. The number of nitrogens with one attached hydrogen (secondary N) is 1. The van der Waals surface area contributed by atoms with Gasteiger partial charge in [0.1, 0.15) is 11.7 Å². The van der Waals surface area contributed by atoms with Gasteiger partial charge < -0.3 is 10.1 Å². The molecule has 0 bridgehead atoms. The fourth-order valence-corrected chi connectivity index (χ4v) is 4.98. The molecule has 0 spiro atoms. The van der Waals surface area contributed by atoms with Gasteiger partial charge in [0.15, 0.2) is 5.41 Å². The number of fused-ring (bicyclic) bond motifs is 1. The molecule has 2 aliphatic carbocycles. The van der Waals surface area contributed by atoms with Crippen LogP contribution in [0.15, 0.2) is 35.9 Å². The number of hydrogen-bond acceptors (Lipinski definition) is 5. The van der Waals surface area contributed by atoms with Crippen LogP contribution in [0.1, 0.15) is 45.1 Å². The van der Waals surface area contributed by atoms with Crippen LogP contribution in [0.2, 0.25) is 0 Å². The molecule has 0 radical (unpaired) electrons. The van der Waals surface area contributed by atoms with Gasteiger partial charge in [-0.15, -0.1) is 13.2 Å². The lowest BCUT2D eigenvalue weighted by Gasteiger charge is -2.49. The summed E-state index contributed by atoms with van der Waals surface area (Å²) in [4.78, 5) is 0. The highest BCUT2D eigenvalue weighted by atomic mass is 19.4. The Morgan fingerprint density at radius 2 is 1.66 bits per heavy atom. The lowest BCUT2D eigenvalue weighted by molar-refractivity contribution is -0.274. The van der Waals surface area contributed by atoms with Crippen LogP contribution in [0.4, 0.5) is 13.2 Å². The normalized spacial score (nSPS) is 27.2. The molecule has 2 unspecified atom stereocenters. The van der Waals surface area contributed by atoms with Crippen LogP contribution in [0, 0.1) is 68.0 Å². The average Bonchev–Trinajstić information content (AvgIpc) is 2.72. The Balaban J connectivity index is 2.16. The van der Waals surface area contributed by atoms with Crippen molar-refractivity contribution in [1.82, 2.24) is 0 Å². The van der Waals surface area contributed by atoms with Crippen molar-refractivity contribution < 1.29 is 17.9 Å². The highest BCUT2D eigenvalue weighted by Gasteiger charge is 2.58. The van der Waals surface area contributed by atoms with Crippen LogP contribution >= 0.6 is 0 Å². The first kappa shape index (κ1) is 23.4. The van der Waals surface area contributed by atoms with E-state index in [4.69, 9.17) is 5.41 Å². The van der Waals surface area contributed by atoms with Crippen molar-refractivity contribution in [3.63, 3.8) is 0 Å². The molecule has 1 N–H and O–H groups in total. The van der Waals surface area contributed by atoms with Gasteiger partial charge in [-0.25, -0.2) is 0 Å². The Hall–Kier alpha value is -3.31. The molecule has 0 aromatic heterocycles. The number of alkyl halides is 3. The standard InChI is InChI=1S/C24H23F3N4O/c1-22(2,3)15-6-9-17-18(10-15)20(23(12-29,13-30)21(31)19(17)11-28)14-4-7-16(8-5-14)32-24(25,26)27/h4-5,7-9,15,18-20,31H,6,10H2,1-3H3/t15?,18-,19?,20+/m0/s1. The van der Waals surface area contributed by atoms with Crippen LogP contribution < -0.4 is 4.74 Å². The van der Waals surface area contributed by atoms with E-state index in [1.807, 2.05) is 18.2 Å². The van der Waals surface area contributed by atoms with Crippen LogP contribution in [0.25, 0.3) is 0 Å². The van der Waals surface area contributed by atoms with Crippen molar-refractivity contribution in [3.8, 4) is 24.0 Å². The largest absolute Gasteiger partial charge is 0.573 e. The van der Waals surface area contributed by atoms with Crippen molar-refractivity contribution in [1.29, 1.82) is 21.2 Å². The van der Waals surface area contributed by atoms with Gasteiger partial charge in [-0.2, -0.15) is 15.8 Å². The fraction of sp³-hybridized carbons (Fsp3) is 0.500. The van der Waals surface area contributed by atoms with Crippen molar-refractivity contribution in [2.75, 3.05) is 0 Å². The highest BCUT2D eigenvalue weighted by Crippen LogP contribution is 2.57. The number of benzene rings is 1. The summed E-state index contributed by atoms with van der Waals surface area (Å²) in [5.74, 6) is -2.31. The van der Waals surface area contributed by atoms with Gasteiger partial charge in [0, 0.05) is 5.92 Å². The van der Waals surface area contributed by atoms with Gasteiger partial charge in [0.05, 0.1) is 23.9 Å². The predicted molar refractivity (Wildman–Crippen MR) is 110 cm³/mol. The SMILES string of the molecule is CC(C)(C)C1CC=C2C(C#N)C(=N)C(C#N)(C#N)[C@H](c3ccc(OC(F)(F)F)cc3)[C@H]2C1. The minimum atomic E-state index is -4.84. The second-order valence-corrected chi connectivity index (χ2v) is 9.45. The zero-order valence-electron chi connectivity index (χ0n) is 18.0. The maximum atomic E-state index is 12.6. The molecular weight excluding hydrogens is 417 g/mol. The molecule has 1 aromatic carbocycles. The van der Waals surface area contributed by atoms with Crippen molar-refractivity contribution in [2.45, 2.75) is 45.9 Å². The van der Waals surface area contributed by atoms with Crippen LogP contribution in [0.5, 0.6) is 5.75 Å². The third kappa shape index (κ3) is 3.96. The monoisotopic (exact) mass is 440 g/mol. The first-order valence-corrected chi connectivity index (χ1v) is 10.2. The van der Waals surface area contributed by atoms with Crippen LogP contribution in [0.3, 0.4) is 0 Å². The van der Waals surface area contributed by atoms with Crippen molar-refractivity contribution in [3.05, 3.63) is 41.5 Å². The number of hydrogen-bond donors (Lipinski definition) is 1. The number of rotatable bonds is 2. The zero-order chi connectivity index (χ0) is 23.9. The van der Waals surface area contributed by atoms with E-state index in [0.29, 0.717) is 12.0 Å². The first-order valence-electron chi connectivity index (χ1n) is 10.2. The average molecular weight is 440 g/mol. The molecule has 5 nitrogen and oxygen atoms in total. The number of nitriles is 3. The summed E-state index contributed by atoms with van der Waals surface area (Å²) in [5, 5.41) is 38.5. The summed E-state index contributed by atoms with van der Waals surface area (Å²) >= 11 is 0. The summed E-state index contributed by atoms with van der Waals surface area (Å²) in [6.07, 6.45) is -1.55. The minimum Gasteiger partial charge on any atom is -0.406 e. The lowest BCUT2D eigenvalue weighted by atomic mass is 9.51. The van der Waals surface area contributed by atoms with E-state index < -0.39 is 29.4 Å². The van der Waals surface area contributed by atoms with Gasteiger partial charge in [-0.3, -0.25) is 0 Å². The van der Waals surface area contributed by atoms with Crippen molar-refractivity contribution in [2.24, 2.45) is 28.6 Å². The summed E-state index contributed by atoms with van der Waals surface area (Å²) in [7, 11) is 0. The highest BCUT2D eigenvalue weighted by molar-refractivity contribution is 6.00. The van der Waals surface area contributed by atoms with Gasteiger partial charge >= 0.3 is 6.36 Å². The van der Waals surface area contributed by atoms with E-state index >= 15 is 0 Å². The molecule has 0 amide bonds. The Labute approximate surface area is 185 Å². The quantitative estimate of drug-likeness (QED) is 0.580. The van der Waals surface area contributed by atoms with Crippen molar-refractivity contribution >= 4 is 5.71 Å². The Kier molecular flexibility index (Phi) is 5.83. The third-order valence-corrected chi connectivity index (χ3v) is 6.70. The second-order valence-electron chi connectivity index (χ2n) is 9.45.